The van der Waals surface area contributed by atoms with Gasteiger partial charge in [-0.1, -0.05) is 0 Å². The quantitative estimate of drug-likeness (QED) is 0.0932. The first-order chi connectivity index (χ1) is 33.2. The van der Waals surface area contributed by atoms with Crippen LogP contribution in [-0.2, 0) is 57.3 Å². The minimum atomic E-state index is -5.48. The Balaban J connectivity index is 0.00000711. The van der Waals surface area contributed by atoms with Crippen LogP contribution in [0.5, 0.6) is 0 Å². The third-order valence-corrected chi connectivity index (χ3v) is 17.1. The predicted molar refractivity (Wildman–Crippen MR) is 252 cm³/mol. The van der Waals surface area contributed by atoms with Crippen LogP contribution in [0.1, 0.15) is 41.4 Å². The number of nitrogens with zero attached hydrogens (tertiary/aromatic N) is 8. The molecule has 0 atom stereocenters. The Labute approximate surface area is 446 Å². The summed E-state index contributed by atoms with van der Waals surface area (Å²) in [6, 6.07) is 2.30. The molecular formula is C36H12Br4CoN8O20S4. The maximum atomic E-state index is 12.8. The number of aromatic carboxylic acids is 4. The molecule has 0 amide bonds. The van der Waals surface area contributed by atoms with E-state index in [4.69, 9.17) is 0 Å². The van der Waals surface area contributed by atoms with Crippen LogP contribution in [0, 0.1) is 0 Å². The van der Waals surface area contributed by atoms with Crippen molar-refractivity contribution in [1.82, 2.24) is 39.9 Å². The molecule has 377 valence electrons. The van der Waals surface area contributed by atoms with Crippen molar-refractivity contribution in [1.29, 1.82) is 0 Å². The Morgan fingerprint density at radius 3 is 0.932 bits per heavy atom. The largest absolute Gasteiger partial charge is 2.00 e. The van der Waals surface area contributed by atoms with Gasteiger partial charge in [0.1, 0.15) is 19.6 Å². The van der Waals surface area contributed by atoms with Crippen molar-refractivity contribution in [3.05, 3.63) is 64.4 Å². The summed E-state index contributed by atoms with van der Waals surface area (Å²) in [4.78, 5) is 80.3. The fourth-order valence-electron chi connectivity index (χ4n) is 7.63. The molecule has 7 aromatic rings. The van der Waals surface area contributed by atoms with E-state index in [9.17, 15) is 91.5 Å². The first-order valence-electron chi connectivity index (χ1n) is 18.2. The van der Waals surface area contributed by atoms with Crippen LogP contribution in [0.3, 0.4) is 0 Å². The zero-order chi connectivity index (χ0) is 53.0. The van der Waals surface area contributed by atoms with Gasteiger partial charge in [-0.25, -0.2) is 29.1 Å². The predicted octanol–water partition coefficient (Wildman–Crippen LogP) is 4.95. The molecule has 28 nitrogen and oxygen atoms in total. The monoisotopic (exact) mass is 1380 g/mol. The zero-order valence-corrected chi connectivity index (χ0v) is 44.5. The average molecular weight is 1380 g/mol. The second kappa shape index (κ2) is 17.7. The molecule has 0 fully saturated rings. The average Bonchev–Trinajstić information content (AvgIpc) is 3.97. The van der Waals surface area contributed by atoms with Gasteiger partial charge >= 0.3 is 40.7 Å². The molecule has 2 aliphatic rings. The fraction of sp³-hybridized carbons (Fsp3) is 0. The van der Waals surface area contributed by atoms with Crippen LogP contribution in [-0.4, -0.2) is 126 Å². The van der Waals surface area contributed by atoms with E-state index in [1.807, 2.05) is 0 Å². The summed E-state index contributed by atoms with van der Waals surface area (Å²) in [5.74, 6) is -10.7. The van der Waals surface area contributed by atoms with Gasteiger partial charge in [0.2, 0.25) is 0 Å². The van der Waals surface area contributed by atoms with Gasteiger partial charge in [0.15, 0.2) is 0 Å². The van der Waals surface area contributed by atoms with Gasteiger partial charge in [-0.3, -0.25) is 18.2 Å². The Bertz CT molecular complexity index is 4250. The van der Waals surface area contributed by atoms with Crippen LogP contribution in [0.2, 0.25) is 0 Å². The maximum absolute atomic E-state index is 12.8. The molecule has 8 N–H and O–H groups in total. The van der Waals surface area contributed by atoms with E-state index in [2.05, 4.69) is 104 Å². The summed E-state index contributed by atoms with van der Waals surface area (Å²) < 4.78 is 140. The van der Waals surface area contributed by atoms with Crippen LogP contribution in [0.15, 0.2) is 61.7 Å². The molecule has 1 radical (unpaired) electrons. The van der Waals surface area contributed by atoms with Crippen molar-refractivity contribution in [3.63, 3.8) is 0 Å². The number of hydrogen-bond donors (Lipinski definition) is 8. The summed E-state index contributed by atoms with van der Waals surface area (Å²) in [6.45, 7) is 0. The van der Waals surface area contributed by atoms with E-state index < -0.39 is 214 Å². The van der Waals surface area contributed by atoms with Gasteiger partial charge in [0.25, 0.3) is 40.5 Å². The second-order valence-corrected chi connectivity index (χ2v) is 23.3. The van der Waals surface area contributed by atoms with Gasteiger partial charge in [-0.2, -0.15) is 33.7 Å². The number of hydrogen-bond acceptors (Lipinski definition) is 18. The molecule has 0 aliphatic carbocycles. The number of benzene rings is 4. The van der Waals surface area contributed by atoms with Crippen LogP contribution in [0.25, 0.3) is 89.7 Å². The topological polar surface area (TPSA) is 472 Å². The molecular weight excluding hydrogens is 1370 g/mol. The molecule has 8 bridgehead atoms. The Morgan fingerprint density at radius 2 is 0.658 bits per heavy atom. The zero-order valence-electron chi connectivity index (χ0n) is 33.8. The van der Waals surface area contributed by atoms with Gasteiger partial charge in [-0.15, -0.1) is 0 Å². The summed E-state index contributed by atoms with van der Waals surface area (Å²) in [6.07, 6.45) is 0. The van der Waals surface area contributed by atoms with Gasteiger partial charge in [0.05, 0.1) is 45.6 Å². The van der Waals surface area contributed by atoms with Crippen LogP contribution in [0.4, 0.5) is 0 Å². The molecule has 4 aromatic carbocycles. The van der Waals surface area contributed by atoms with E-state index >= 15 is 0 Å². The van der Waals surface area contributed by atoms with E-state index in [1.54, 1.807) is 0 Å². The molecule has 5 heterocycles. The fourth-order valence-corrected chi connectivity index (χ4v) is 14.1. The normalized spacial score (nSPS) is 12.6. The number of carbonyl (C=O) groups is 4. The molecule has 2 aliphatic heterocycles. The van der Waals surface area contributed by atoms with Crippen molar-refractivity contribution in [2.45, 2.75) is 19.6 Å². The molecule has 3 aromatic heterocycles. The number of carboxylic acid groups (broad SMARTS) is 4. The Hall–Kier alpha value is -5.81. The maximum Gasteiger partial charge on any atom is 2.00 e. The van der Waals surface area contributed by atoms with Gasteiger partial charge in [0, 0.05) is 73.5 Å². The van der Waals surface area contributed by atoms with Crippen molar-refractivity contribution >= 4 is 172 Å². The van der Waals surface area contributed by atoms with Gasteiger partial charge < -0.3 is 50.3 Å². The number of rotatable bonds is 8. The smallest absolute Gasteiger partial charge is 0.478 e. The number of fused-ring (bicyclic) bond motifs is 20. The van der Waals surface area contributed by atoms with Crippen LogP contribution >= 0.6 is 63.7 Å². The molecule has 0 saturated carbocycles. The molecule has 73 heavy (non-hydrogen) atoms. The van der Waals surface area contributed by atoms with Crippen molar-refractivity contribution in [3.8, 4) is 45.6 Å². The van der Waals surface area contributed by atoms with Crippen molar-refractivity contribution in [2.24, 2.45) is 0 Å². The summed E-state index contributed by atoms with van der Waals surface area (Å²) in [5, 5.41) is 38.9. The molecule has 37 heteroatoms. The summed E-state index contributed by atoms with van der Waals surface area (Å²) in [5.41, 5.74) is -9.31. The third-order valence-electron chi connectivity index (χ3n) is 10.4. The SMILES string of the molecule is O=C(O)c1c(S(=O)(=O)O)cc2c(c1Br)-c1nc-2nc2[n-]c(nc3nc(nc4[n-]c(n1)c1cc(S(=O)(=O)O)c(C(=O)O)c(Br)c41)-c1cc(S(=O)(=O)O)c(C(=O)O)c(Br)c1-3)c1cc(S(=O)(=O)O)c(C(=O)O)c(Br)c21.[Co+2]. The molecule has 0 saturated heterocycles. The van der Waals surface area contributed by atoms with Crippen LogP contribution < -0.4 is 9.97 Å². The summed E-state index contributed by atoms with van der Waals surface area (Å²) >= 11 is 12.1. The number of carboxylic acids is 4. The Kier molecular flexibility index (Phi) is 12.9. The first-order valence-corrected chi connectivity index (χ1v) is 27.2. The third kappa shape index (κ3) is 8.59. The Morgan fingerprint density at radius 1 is 0.397 bits per heavy atom. The molecule has 0 spiro atoms. The minimum absolute atomic E-state index is 0. The first kappa shape index (κ1) is 53.5. The van der Waals surface area contributed by atoms with E-state index in [0.717, 1.165) is 0 Å². The minimum Gasteiger partial charge on any atom is -0.478 e. The van der Waals surface area contributed by atoms with E-state index in [1.165, 1.54) is 0 Å². The second-order valence-electron chi connectivity index (χ2n) is 14.5. The number of aromatic nitrogens is 8. The van der Waals surface area contributed by atoms with Crippen molar-refractivity contribution < 1.29 is 108 Å². The number of halogens is 4. The van der Waals surface area contributed by atoms with E-state index in [-0.39, 0.29) is 16.8 Å². The molecule has 0 unspecified atom stereocenters. The standard InChI is InChI=1S/C36H14Br4N8O20S4.Co/c37-21-13-5(1-9(69(57,58)59)17(21)33(49)50)25-41-29(13)46-26-7-3-11(71(63,64)65)19(35(53)54)23(39)15(7)31(43-26)48-28-8-4-12(72(66,67)68)20(36(55)56)24(40)16(8)32(44-28)47-27-6-2-10(70(60,61)62)18(34(51)52)22(38)14(6)30(42-27)45-25;/h1-4H,(H10,41,42,43,44,45,46,47,48,49,50,51,52,53,54,55,56,57,58,59,60,61,62,63,64,65,66,67,68);/q;+2/p-2. The molecule has 9 rings (SSSR count). The summed E-state index contributed by atoms with van der Waals surface area (Å²) in [7, 11) is -21.9. The van der Waals surface area contributed by atoms with E-state index in [0.29, 0.717) is 24.3 Å². The van der Waals surface area contributed by atoms with Gasteiger partial charge in [-0.05, 0) is 98.8 Å². The van der Waals surface area contributed by atoms with Crippen molar-refractivity contribution in [2.75, 3.05) is 0 Å².